The van der Waals surface area contributed by atoms with E-state index in [-0.39, 0.29) is 24.5 Å². The van der Waals surface area contributed by atoms with Crippen molar-refractivity contribution in [1.29, 1.82) is 0 Å². The Morgan fingerprint density at radius 1 is 1.27 bits per heavy atom. The van der Waals surface area contributed by atoms with Gasteiger partial charge >= 0.3 is 18.0 Å². The van der Waals surface area contributed by atoms with E-state index < -0.39 is 30.1 Å². The maximum atomic E-state index is 14.4. The van der Waals surface area contributed by atoms with Crippen LogP contribution in [0.5, 0.6) is 0 Å². The van der Waals surface area contributed by atoms with Crippen molar-refractivity contribution in [3.8, 4) is 0 Å². The van der Waals surface area contributed by atoms with Gasteiger partial charge in [0.25, 0.3) is 0 Å². The van der Waals surface area contributed by atoms with Crippen LogP contribution in [0.25, 0.3) is 0 Å². The van der Waals surface area contributed by atoms with Gasteiger partial charge in [0.05, 0.1) is 6.04 Å². The third-order valence-corrected chi connectivity index (χ3v) is 4.75. The molecular weight excluding hydrogens is 400 g/mol. The maximum absolute atomic E-state index is 14.4. The van der Waals surface area contributed by atoms with Crippen molar-refractivity contribution in [3.05, 3.63) is 71.7 Å². The van der Waals surface area contributed by atoms with Crippen molar-refractivity contribution in [3.63, 3.8) is 0 Å². The number of cyclic esters (lactones) is 1. The molecule has 2 unspecified atom stereocenters. The fourth-order valence-electron chi connectivity index (χ4n) is 3.12. The molecule has 0 radical (unpaired) electrons. The Morgan fingerprint density at radius 3 is 2.67 bits per heavy atom. The lowest BCUT2D eigenvalue weighted by atomic mass is 10.0. The van der Waals surface area contributed by atoms with Crippen molar-refractivity contribution in [1.82, 2.24) is 4.90 Å². The SMILES string of the molecule is O=C(O)c1ccc(CCCN2C(=O)OCC2/C=C/C(O)C(F)(F)c2ccccc2)o1. The van der Waals surface area contributed by atoms with Gasteiger partial charge in [-0.3, -0.25) is 4.90 Å². The molecule has 1 fully saturated rings. The summed E-state index contributed by atoms with van der Waals surface area (Å²) >= 11 is 0. The molecule has 3 rings (SSSR count). The van der Waals surface area contributed by atoms with Crippen LogP contribution in [0.2, 0.25) is 0 Å². The Morgan fingerprint density at radius 2 is 2.00 bits per heavy atom. The van der Waals surface area contributed by atoms with Gasteiger partial charge in [-0.15, -0.1) is 0 Å². The maximum Gasteiger partial charge on any atom is 0.410 e. The Bertz CT molecular complexity index is 911. The molecule has 1 amide bonds. The van der Waals surface area contributed by atoms with Gasteiger partial charge in [-0.2, -0.15) is 8.78 Å². The molecular formula is C21H21F2NO6. The molecule has 0 bridgehead atoms. The molecule has 0 aliphatic carbocycles. The number of ether oxygens (including phenoxy) is 1. The first-order chi connectivity index (χ1) is 14.3. The fourth-order valence-corrected chi connectivity index (χ4v) is 3.12. The Hall–Kier alpha value is -3.20. The van der Waals surface area contributed by atoms with Crippen LogP contribution in [0.15, 0.2) is 59.0 Å². The first-order valence-electron chi connectivity index (χ1n) is 9.34. The zero-order chi connectivity index (χ0) is 21.7. The normalized spacial score (nSPS) is 18.0. The summed E-state index contributed by atoms with van der Waals surface area (Å²) in [6.07, 6.45) is 0.506. The van der Waals surface area contributed by atoms with E-state index in [1.807, 2.05) is 0 Å². The minimum atomic E-state index is -3.48. The molecule has 160 valence electrons. The van der Waals surface area contributed by atoms with Crippen LogP contribution in [0.3, 0.4) is 0 Å². The molecule has 0 spiro atoms. The van der Waals surface area contributed by atoms with E-state index in [1.165, 1.54) is 41.3 Å². The number of carboxylic acid groups (broad SMARTS) is 1. The summed E-state index contributed by atoms with van der Waals surface area (Å²) in [5.74, 6) is -4.35. The molecule has 1 aliphatic rings. The van der Waals surface area contributed by atoms with Gasteiger partial charge in [0, 0.05) is 18.5 Å². The minimum Gasteiger partial charge on any atom is -0.475 e. The van der Waals surface area contributed by atoms with Crippen LogP contribution in [0.4, 0.5) is 13.6 Å². The molecule has 1 aliphatic heterocycles. The number of aliphatic hydroxyl groups is 1. The van der Waals surface area contributed by atoms with Crippen molar-refractivity contribution < 1.29 is 37.7 Å². The van der Waals surface area contributed by atoms with Gasteiger partial charge in [0.2, 0.25) is 5.76 Å². The first kappa shape index (κ1) is 21.5. The predicted molar refractivity (Wildman–Crippen MR) is 101 cm³/mol. The van der Waals surface area contributed by atoms with Crippen LogP contribution < -0.4 is 0 Å². The van der Waals surface area contributed by atoms with Crippen molar-refractivity contribution in [2.45, 2.75) is 30.9 Å². The number of aryl methyl sites for hydroxylation is 1. The summed E-state index contributed by atoms with van der Waals surface area (Å²) in [6, 6.07) is 9.29. The number of alkyl halides is 2. The van der Waals surface area contributed by atoms with Crippen LogP contribution in [0.1, 0.15) is 28.3 Å². The summed E-state index contributed by atoms with van der Waals surface area (Å²) in [7, 11) is 0. The average molecular weight is 421 g/mol. The highest BCUT2D eigenvalue weighted by Gasteiger charge is 2.39. The largest absolute Gasteiger partial charge is 0.475 e. The number of carbonyl (C=O) groups excluding carboxylic acids is 1. The van der Waals surface area contributed by atoms with Gasteiger partial charge in [-0.1, -0.05) is 42.5 Å². The molecule has 2 aromatic rings. The molecule has 30 heavy (non-hydrogen) atoms. The third-order valence-electron chi connectivity index (χ3n) is 4.75. The average Bonchev–Trinajstić information content (AvgIpc) is 3.34. The second-order valence-electron chi connectivity index (χ2n) is 6.83. The molecule has 7 nitrogen and oxygen atoms in total. The van der Waals surface area contributed by atoms with E-state index in [9.17, 15) is 23.5 Å². The lowest BCUT2D eigenvalue weighted by Gasteiger charge is -2.22. The highest BCUT2D eigenvalue weighted by atomic mass is 19.3. The summed E-state index contributed by atoms with van der Waals surface area (Å²) in [5.41, 5.74) is -0.308. The molecule has 1 saturated heterocycles. The molecule has 2 atom stereocenters. The lowest BCUT2D eigenvalue weighted by Crippen LogP contribution is -2.34. The Balaban J connectivity index is 1.58. The summed E-state index contributed by atoms with van der Waals surface area (Å²) < 4.78 is 38.9. The summed E-state index contributed by atoms with van der Waals surface area (Å²) in [5, 5.41) is 18.8. The second-order valence-corrected chi connectivity index (χ2v) is 6.83. The summed E-state index contributed by atoms with van der Waals surface area (Å²) in [4.78, 5) is 24.1. The number of aromatic carboxylic acids is 1. The van der Waals surface area contributed by atoms with E-state index in [0.717, 1.165) is 6.08 Å². The lowest BCUT2D eigenvalue weighted by molar-refractivity contribution is -0.0929. The molecule has 2 heterocycles. The quantitative estimate of drug-likeness (QED) is 0.602. The number of nitrogens with zero attached hydrogens (tertiary/aromatic N) is 1. The highest BCUT2D eigenvalue weighted by Crippen LogP contribution is 2.32. The first-order valence-corrected chi connectivity index (χ1v) is 9.34. The Labute approximate surface area is 171 Å². The van der Waals surface area contributed by atoms with Gasteiger partial charge < -0.3 is 19.4 Å². The second kappa shape index (κ2) is 9.08. The van der Waals surface area contributed by atoms with Gasteiger partial charge in [0.1, 0.15) is 18.5 Å². The predicted octanol–water partition coefficient (Wildman–Crippen LogP) is 3.44. The molecule has 0 saturated carbocycles. The van der Waals surface area contributed by atoms with Crippen molar-refractivity contribution in [2.75, 3.05) is 13.2 Å². The van der Waals surface area contributed by atoms with Gasteiger partial charge in [-0.05, 0) is 18.6 Å². The number of benzene rings is 1. The molecule has 2 N–H and O–H groups in total. The third kappa shape index (κ3) is 4.85. The number of carboxylic acids is 1. The number of amides is 1. The van der Waals surface area contributed by atoms with Crippen molar-refractivity contribution >= 4 is 12.1 Å². The standard InChI is InChI=1S/C21H21F2NO6/c22-21(23,14-5-2-1-3-6-14)18(25)11-8-15-13-29-20(28)24(15)12-4-7-16-9-10-17(30-16)19(26)27/h1-3,5-6,8-11,15,18,25H,4,7,12-13H2,(H,26,27)/b11-8+. The van der Waals surface area contributed by atoms with Crippen LogP contribution in [0, 0.1) is 0 Å². The number of aliphatic hydroxyl groups excluding tert-OH is 1. The minimum absolute atomic E-state index is 0.0110. The zero-order valence-corrected chi connectivity index (χ0v) is 15.9. The topological polar surface area (TPSA) is 100 Å². The zero-order valence-electron chi connectivity index (χ0n) is 15.9. The van der Waals surface area contributed by atoms with Crippen LogP contribution in [-0.4, -0.2) is 52.5 Å². The summed E-state index contributed by atoms with van der Waals surface area (Å²) in [6.45, 7) is 0.241. The fraction of sp³-hybridized carbons (Fsp3) is 0.333. The molecule has 1 aromatic carbocycles. The molecule has 9 heteroatoms. The van der Waals surface area contributed by atoms with Crippen molar-refractivity contribution in [2.24, 2.45) is 0 Å². The van der Waals surface area contributed by atoms with Gasteiger partial charge in [-0.25, -0.2) is 9.59 Å². The number of rotatable bonds is 9. The van der Waals surface area contributed by atoms with E-state index in [0.29, 0.717) is 18.6 Å². The van der Waals surface area contributed by atoms with Crippen LogP contribution >= 0.6 is 0 Å². The van der Waals surface area contributed by atoms with Crippen LogP contribution in [-0.2, 0) is 17.1 Å². The van der Waals surface area contributed by atoms with Gasteiger partial charge in [0.15, 0.2) is 0 Å². The van der Waals surface area contributed by atoms with E-state index in [2.05, 4.69) is 0 Å². The number of hydrogen-bond donors (Lipinski definition) is 2. The number of hydrogen-bond acceptors (Lipinski definition) is 5. The van der Waals surface area contributed by atoms with E-state index >= 15 is 0 Å². The monoisotopic (exact) mass is 421 g/mol. The number of carbonyl (C=O) groups is 2. The highest BCUT2D eigenvalue weighted by molar-refractivity contribution is 5.84. The Kier molecular flexibility index (Phi) is 6.51. The number of furan rings is 1. The smallest absolute Gasteiger partial charge is 0.410 e. The van der Waals surface area contributed by atoms with E-state index in [1.54, 1.807) is 12.1 Å². The number of halogens is 2. The van der Waals surface area contributed by atoms with E-state index in [4.69, 9.17) is 14.3 Å². The molecule has 1 aromatic heterocycles.